The minimum absolute atomic E-state index is 0.0173. The summed E-state index contributed by atoms with van der Waals surface area (Å²) in [4.78, 5) is 22.0. The summed E-state index contributed by atoms with van der Waals surface area (Å²) in [6, 6.07) is 12.6. The molecule has 0 bridgehead atoms. The molecule has 0 saturated carbocycles. The zero-order chi connectivity index (χ0) is 13.8. The molecule has 0 spiro atoms. The predicted octanol–water partition coefficient (Wildman–Crippen LogP) is 2.60. The molecule has 0 atom stereocenters. The molecule has 0 heterocycles. The van der Waals surface area contributed by atoms with Gasteiger partial charge in [-0.1, -0.05) is 12.1 Å². The summed E-state index contributed by atoms with van der Waals surface area (Å²) in [5.41, 5.74) is 7.49. The van der Waals surface area contributed by atoms with Gasteiger partial charge in [0, 0.05) is 29.8 Å². The van der Waals surface area contributed by atoms with Crippen molar-refractivity contribution in [2.24, 2.45) is 0 Å². The van der Waals surface area contributed by atoms with Gasteiger partial charge in [0.05, 0.1) is 4.92 Å². The number of nitrogen functional groups attached to an aromatic ring is 1. The van der Waals surface area contributed by atoms with Gasteiger partial charge in [-0.2, -0.15) is 0 Å². The van der Waals surface area contributed by atoms with Crippen LogP contribution < -0.4 is 5.73 Å². The summed E-state index contributed by atoms with van der Waals surface area (Å²) in [7, 11) is 0. The number of carbonyl (C=O) groups is 1. The van der Waals surface area contributed by atoms with E-state index in [1.807, 2.05) is 0 Å². The number of nitro groups is 1. The maximum atomic E-state index is 12.0. The minimum Gasteiger partial charge on any atom is -0.399 e. The Kier molecular flexibility index (Phi) is 3.56. The first-order chi connectivity index (χ1) is 9.06. The van der Waals surface area contributed by atoms with Crippen LogP contribution in [0.4, 0.5) is 11.4 Å². The topological polar surface area (TPSA) is 86.2 Å². The molecule has 2 aromatic rings. The third-order valence-corrected chi connectivity index (χ3v) is 2.74. The molecule has 0 aliphatic rings. The quantitative estimate of drug-likeness (QED) is 0.394. The summed E-state index contributed by atoms with van der Waals surface area (Å²) in [6.45, 7) is 0. The first kappa shape index (κ1) is 12.8. The van der Waals surface area contributed by atoms with Crippen molar-refractivity contribution in [1.29, 1.82) is 0 Å². The van der Waals surface area contributed by atoms with E-state index in [-0.39, 0.29) is 17.9 Å². The molecule has 0 saturated heterocycles. The highest BCUT2D eigenvalue weighted by Crippen LogP contribution is 2.14. The SMILES string of the molecule is Nc1ccc(C(=O)Cc2ccc([N+](=O)[O-])cc2)cc1. The Hall–Kier alpha value is -2.69. The van der Waals surface area contributed by atoms with Gasteiger partial charge in [0.1, 0.15) is 0 Å². The molecular formula is C14H12N2O3. The lowest BCUT2D eigenvalue weighted by Gasteiger charge is -2.02. The number of carbonyl (C=O) groups excluding carboxylic acids is 1. The fraction of sp³-hybridized carbons (Fsp3) is 0.0714. The van der Waals surface area contributed by atoms with Crippen molar-refractivity contribution in [3.05, 3.63) is 69.8 Å². The van der Waals surface area contributed by atoms with E-state index in [1.54, 1.807) is 36.4 Å². The highest BCUT2D eigenvalue weighted by atomic mass is 16.6. The molecule has 0 unspecified atom stereocenters. The molecule has 0 aromatic heterocycles. The third kappa shape index (κ3) is 3.16. The van der Waals surface area contributed by atoms with E-state index in [4.69, 9.17) is 5.73 Å². The van der Waals surface area contributed by atoms with E-state index in [2.05, 4.69) is 0 Å². The Morgan fingerprint density at radius 2 is 1.63 bits per heavy atom. The van der Waals surface area contributed by atoms with Gasteiger partial charge in [-0.3, -0.25) is 14.9 Å². The minimum atomic E-state index is -0.467. The van der Waals surface area contributed by atoms with Crippen molar-refractivity contribution in [2.75, 3.05) is 5.73 Å². The molecule has 2 rings (SSSR count). The maximum absolute atomic E-state index is 12.0. The lowest BCUT2D eigenvalue weighted by Crippen LogP contribution is -2.03. The second-order valence-corrected chi connectivity index (χ2v) is 4.15. The number of nitrogens with two attached hydrogens (primary N) is 1. The van der Waals surface area contributed by atoms with Crippen molar-refractivity contribution in [2.45, 2.75) is 6.42 Å². The molecule has 19 heavy (non-hydrogen) atoms. The summed E-state index contributed by atoms with van der Waals surface area (Å²) in [5.74, 6) is -0.0474. The Labute approximate surface area is 109 Å². The molecule has 2 N–H and O–H groups in total. The van der Waals surface area contributed by atoms with Gasteiger partial charge in [0.25, 0.3) is 5.69 Å². The van der Waals surface area contributed by atoms with Crippen LogP contribution in [0.15, 0.2) is 48.5 Å². The second kappa shape index (κ2) is 5.30. The van der Waals surface area contributed by atoms with Crippen LogP contribution in [0, 0.1) is 10.1 Å². The van der Waals surface area contributed by atoms with Crippen LogP contribution in [0.2, 0.25) is 0 Å². The molecule has 0 fully saturated rings. The normalized spacial score (nSPS) is 10.1. The fourth-order valence-corrected chi connectivity index (χ4v) is 1.69. The average Bonchev–Trinajstić information content (AvgIpc) is 2.40. The van der Waals surface area contributed by atoms with Crippen LogP contribution in [-0.4, -0.2) is 10.7 Å². The number of rotatable bonds is 4. The van der Waals surface area contributed by atoms with E-state index in [0.717, 1.165) is 5.56 Å². The average molecular weight is 256 g/mol. The Balaban J connectivity index is 2.10. The highest BCUT2D eigenvalue weighted by Gasteiger charge is 2.09. The molecule has 0 radical (unpaired) electrons. The third-order valence-electron chi connectivity index (χ3n) is 2.74. The molecule has 0 aliphatic heterocycles. The van der Waals surface area contributed by atoms with Crippen molar-refractivity contribution in [3.8, 4) is 0 Å². The van der Waals surface area contributed by atoms with E-state index < -0.39 is 4.92 Å². The fourth-order valence-electron chi connectivity index (χ4n) is 1.69. The molecule has 0 amide bonds. The first-order valence-electron chi connectivity index (χ1n) is 5.68. The first-order valence-corrected chi connectivity index (χ1v) is 5.68. The van der Waals surface area contributed by atoms with Gasteiger partial charge in [-0.05, 0) is 29.8 Å². The van der Waals surface area contributed by atoms with Crippen LogP contribution in [0.1, 0.15) is 15.9 Å². The summed E-state index contributed by atoms with van der Waals surface area (Å²) in [6.07, 6.45) is 0.210. The Morgan fingerprint density at radius 1 is 1.05 bits per heavy atom. The summed E-state index contributed by atoms with van der Waals surface area (Å²) >= 11 is 0. The van der Waals surface area contributed by atoms with E-state index in [9.17, 15) is 14.9 Å². The van der Waals surface area contributed by atoms with Crippen molar-refractivity contribution < 1.29 is 9.72 Å². The van der Waals surface area contributed by atoms with Crippen LogP contribution in [0.5, 0.6) is 0 Å². The monoisotopic (exact) mass is 256 g/mol. The van der Waals surface area contributed by atoms with Gasteiger partial charge < -0.3 is 5.73 Å². The predicted molar refractivity (Wildman–Crippen MR) is 72.0 cm³/mol. The van der Waals surface area contributed by atoms with Crippen molar-refractivity contribution in [3.63, 3.8) is 0 Å². The Morgan fingerprint density at radius 3 is 2.16 bits per heavy atom. The molecule has 5 heteroatoms. The number of ketones is 1. The number of benzene rings is 2. The van der Waals surface area contributed by atoms with E-state index in [0.29, 0.717) is 11.3 Å². The van der Waals surface area contributed by atoms with E-state index in [1.165, 1.54) is 12.1 Å². The Bertz CT molecular complexity index is 604. The number of Topliss-reactive ketones (excluding diaryl/α,β-unsaturated/α-hetero) is 1. The number of non-ortho nitro benzene ring substituents is 1. The van der Waals surface area contributed by atoms with Crippen LogP contribution in [0.3, 0.4) is 0 Å². The van der Waals surface area contributed by atoms with Crippen LogP contribution in [-0.2, 0) is 6.42 Å². The lowest BCUT2D eigenvalue weighted by atomic mass is 10.0. The maximum Gasteiger partial charge on any atom is 0.269 e. The van der Waals surface area contributed by atoms with E-state index >= 15 is 0 Å². The molecule has 96 valence electrons. The number of nitrogens with zero attached hydrogens (tertiary/aromatic N) is 1. The van der Waals surface area contributed by atoms with Crippen molar-refractivity contribution >= 4 is 17.2 Å². The molecular weight excluding hydrogens is 244 g/mol. The zero-order valence-electron chi connectivity index (χ0n) is 10.1. The summed E-state index contributed by atoms with van der Waals surface area (Å²) in [5, 5.41) is 10.5. The standard InChI is InChI=1S/C14H12N2O3/c15-12-5-3-11(4-6-12)14(17)9-10-1-7-13(8-2-10)16(18)19/h1-8H,9,15H2. The zero-order valence-corrected chi connectivity index (χ0v) is 10.1. The molecule has 2 aromatic carbocycles. The second-order valence-electron chi connectivity index (χ2n) is 4.15. The smallest absolute Gasteiger partial charge is 0.269 e. The number of anilines is 1. The number of nitro benzene ring substituents is 1. The molecule has 0 aliphatic carbocycles. The van der Waals surface area contributed by atoms with Crippen LogP contribution >= 0.6 is 0 Å². The number of hydrogen-bond acceptors (Lipinski definition) is 4. The van der Waals surface area contributed by atoms with Gasteiger partial charge in [0.2, 0.25) is 0 Å². The van der Waals surface area contributed by atoms with Gasteiger partial charge in [-0.15, -0.1) is 0 Å². The summed E-state index contributed by atoms with van der Waals surface area (Å²) < 4.78 is 0. The molecule has 5 nitrogen and oxygen atoms in total. The van der Waals surface area contributed by atoms with Gasteiger partial charge in [-0.25, -0.2) is 0 Å². The lowest BCUT2D eigenvalue weighted by molar-refractivity contribution is -0.384. The highest BCUT2D eigenvalue weighted by molar-refractivity contribution is 5.97. The number of hydrogen-bond donors (Lipinski definition) is 1. The van der Waals surface area contributed by atoms with Gasteiger partial charge >= 0.3 is 0 Å². The largest absolute Gasteiger partial charge is 0.399 e. The van der Waals surface area contributed by atoms with Crippen molar-refractivity contribution in [1.82, 2.24) is 0 Å². The van der Waals surface area contributed by atoms with Gasteiger partial charge in [0.15, 0.2) is 5.78 Å². The van der Waals surface area contributed by atoms with Crippen LogP contribution in [0.25, 0.3) is 0 Å².